The molecule has 0 aliphatic carbocycles. The summed E-state index contributed by atoms with van der Waals surface area (Å²) in [6, 6.07) is 7.06. The van der Waals surface area contributed by atoms with Crippen molar-refractivity contribution in [2.75, 3.05) is 19.7 Å². The highest BCUT2D eigenvalue weighted by Crippen LogP contribution is 2.14. The van der Waals surface area contributed by atoms with Crippen molar-refractivity contribution in [1.82, 2.24) is 10.2 Å². The maximum Gasteiger partial charge on any atom is 0.257 e. The summed E-state index contributed by atoms with van der Waals surface area (Å²) in [4.78, 5) is 14.1. The highest BCUT2D eigenvalue weighted by atomic mass is 32.1. The predicted octanol–water partition coefficient (Wildman–Crippen LogP) is 3.41. The van der Waals surface area contributed by atoms with Gasteiger partial charge in [-0.3, -0.25) is 10.1 Å². The Morgan fingerprint density at radius 1 is 1.35 bits per heavy atom. The minimum atomic E-state index is -0.261. The maximum atomic E-state index is 12.3. The summed E-state index contributed by atoms with van der Waals surface area (Å²) in [5.41, 5.74) is 0.505. The molecule has 0 fully saturated rings. The number of benzene rings is 1. The molecule has 0 aliphatic heterocycles. The number of carbonyl (C=O) groups is 1. The number of hydrogen-bond acceptors (Lipinski definition) is 3. The average molecular weight is 332 g/mol. The van der Waals surface area contributed by atoms with Gasteiger partial charge in [-0.15, -0.1) is 13.2 Å². The number of carbonyl (C=O) groups excluding carboxylic acids is 1. The lowest BCUT2D eigenvalue weighted by atomic mass is 10.2. The van der Waals surface area contributed by atoms with Crippen LogP contribution in [0.1, 0.15) is 24.2 Å². The zero-order valence-corrected chi connectivity index (χ0v) is 14.6. The van der Waals surface area contributed by atoms with E-state index < -0.39 is 0 Å². The van der Waals surface area contributed by atoms with E-state index in [9.17, 15) is 4.79 Å². The first-order valence-corrected chi connectivity index (χ1v) is 7.93. The second-order valence-corrected chi connectivity index (χ2v) is 5.86. The van der Waals surface area contributed by atoms with Crippen molar-refractivity contribution >= 4 is 23.2 Å². The summed E-state index contributed by atoms with van der Waals surface area (Å²) >= 11 is 5.27. The molecule has 4 nitrogen and oxygen atoms in total. The predicted molar refractivity (Wildman–Crippen MR) is 98.8 cm³/mol. The van der Waals surface area contributed by atoms with Crippen LogP contribution in [0.2, 0.25) is 0 Å². The Labute approximate surface area is 143 Å². The molecule has 1 N–H and O–H groups in total. The smallest absolute Gasteiger partial charge is 0.257 e. The summed E-state index contributed by atoms with van der Waals surface area (Å²) in [5.74, 6) is 0.834. The van der Waals surface area contributed by atoms with E-state index in [-0.39, 0.29) is 5.91 Å². The summed E-state index contributed by atoms with van der Waals surface area (Å²) in [5, 5.41) is 3.08. The lowest BCUT2D eigenvalue weighted by Gasteiger charge is -2.22. The third-order valence-electron chi connectivity index (χ3n) is 2.89. The second-order valence-electron chi connectivity index (χ2n) is 5.47. The quantitative estimate of drug-likeness (QED) is 0.585. The van der Waals surface area contributed by atoms with E-state index in [0.717, 1.165) is 0 Å². The van der Waals surface area contributed by atoms with E-state index >= 15 is 0 Å². The van der Waals surface area contributed by atoms with E-state index in [4.69, 9.17) is 17.0 Å². The molecule has 0 radical (unpaired) electrons. The molecule has 1 aromatic carbocycles. The first kappa shape index (κ1) is 18.9. The van der Waals surface area contributed by atoms with Gasteiger partial charge in [-0.25, -0.2) is 0 Å². The van der Waals surface area contributed by atoms with E-state index in [1.807, 2.05) is 6.07 Å². The van der Waals surface area contributed by atoms with Gasteiger partial charge in [0.05, 0.1) is 6.61 Å². The number of rotatable bonds is 8. The lowest BCUT2D eigenvalue weighted by Crippen LogP contribution is -2.42. The molecule has 0 aromatic heterocycles. The highest BCUT2D eigenvalue weighted by molar-refractivity contribution is 7.80. The van der Waals surface area contributed by atoms with E-state index in [1.165, 1.54) is 0 Å². The molecular weight excluding hydrogens is 308 g/mol. The van der Waals surface area contributed by atoms with Crippen LogP contribution in [0.4, 0.5) is 0 Å². The molecule has 5 heteroatoms. The van der Waals surface area contributed by atoms with Gasteiger partial charge >= 0.3 is 0 Å². The van der Waals surface area contributed by atoms with Gasteiger partial charge in [0, 0.05) is 18.7 Å². The van der Waals surface area contributed by atoms with Crippen LogP contribution in [0, 0.1) is 5.92 Å². The SMILES string of the molecule is C=CCN(CC=C)C(=S)NC(=O)c1cccc(OCC(C)C)c1. The molecule has 0 unspecified atom stereocenters. The van der Waals surface area contributed by atoms with Crippen molar-refractivity contribution in [3.05, 3.63) is 55.1 Å². The molecule has 0 heterocycles. The van der Waals surface area contributed by atoms with Gasteiger partial charge in [-0.05, 0) is 36.3 Å². The minimum Gasteiger partial charge on any atom is -0.493 e. The third kappa shape index (κ3) is 6.65. The largest absolute Gasteiger partial charge is 0.493 e. The van der Waals surface area contributed by atoms with Crippen molar-refractivity contribution in [2.45, 2.75) is 13.8 Å². The molecule has 0 atom stereocenters. The normalized spacial score (nSPS) is 10.0. The van der Waals surface area contributed by atoms with E-state index in [2.05, 4.69) is 32.3 Å². The number of nitrogens with one attached hydrogen (secondary N) is 1. The molecule has 0 spiro atoms. The van der Waals surface area contributed by atoms with Crippen molar-refractivity contribution in [2.24, 2.45) is 5.92 Å². The van der Waals surface area contributed by atoms with Crippen LogP contribution in [0.25, 0.3) is 0 Å². The Hall–Kier alpha value is -2.14. The Bertz CT molecular complexity index is 560. The molecule has 124 valence electrons. The van der Waals surface area contributed by atoms with Crippen LogP contribution >= 0.6 is 12.2 Å². The Morgan fingerprint density at radius 2 is 2.00 bits per heavy atom. The standard InChI is InChI=1S/C18H24N2O2S/c1-5-10-20(11-6-2)18(23)19-17(21)15-8-7-9-16(12-15)22-13-14(3)4/h5-9,12,14H,1-2,10-11,13H2,3-4H3,(H,19,21,23). The van der Waals surface area contributed by atoms with Gasteiger partial charge in [0.2, 0.25) is 0 Å². The van der Waals surface area contributed by atoms with Crippen LogP contribution in [0.15, 0.2) is 49.6 Å². The van der Waals surface area contributed by atoms with Crippen LogP contribution in [0.5, 0.6) is 5.75 Å². The Balaban J connectivity index is 2.73. The number of thiocarbonyl (C=S) groups is 1. The second kappa shape index (κ2) is 9.79. The van der Waals surface area contributed by atoms with Gasteiger partial charge in [0.15, 0.2) is 5.11 Å². The summed E-state index contributed by atoms with van der Waals surface area (Å²) in [7, 11) is 0. The van der Waals surface area contributed by atoms with Gasteiger partial charge < -0.3 is 9.64 Å². The maximum absolute atomic E-state index is 12.3. The van der Waals surface area contributed by atoms with Gasteiger partial charge in [-0.1, -0.05) is 32.1 Å². The number of amides is 1. The van der Waals surface area contributed by atoms with E-state index in [0.29, 0.717) is 42.0 Å². The topological polar surface area (TPSA) is 41.6 Å². The molecular formula is C18H24N2O2S. The van der Waals surface area contributed by atoms with Crippen molar-refractivity contribution in [3.8, 4) is 5.75 Å². The van der Waals surface area contributed by atoms with Gasteiger partial charge in [0.25, 0.3) is 5.91 Å². The van der Waals surface area contributed by atoms with Crippen LogP contribution in [-0.4, -0.2) is 35.6 Å². The fourth-order valence-electron chi connectivity index (χ4n) is 1.79. The van der Waals surface area contributed by atoms with Crippen molar-refractivity contribution in [3.63, 3.8) is 0 Å². The molecule has 0 saturated carbocycles. The summed E-state index contributed by atoms with van der Waals surface area (Å²) < 4.78 is 5.64. The first-order valence-electron chi connectivity index (χ1n) is 7.52. The molecule has 0 aliphatic rings. The number of hydrogen-bond donors (Lipinski definition) is 1. The molecule has 0 saturated heterocycles. The first-order chi connectivity index (χ1) is 11.0. The Morgan fingerprint density at radius 3 is 2.57 bits per heavy atom. The third-order valence-corrected chi connectivity index (χ3v) is 3.25. The zero-order chi connectivity index (χ0) is 17.2. The molecule has 0 bridgehead atoms. The molecule has 23 heavy (non-hydrogen) atoms. The fourth-order valence-corrected chi connectivity index (χ4v) is 2.03. The molecule has 1 rings (SSSR count). The van der Waals surface area contributed by atoms with Crippen molar-refractivity contribution in [1.29, 1.82) is 0 Å². The van der Waals surface area contributed by atoms with Crippen LogP contribution < -0.4 is 10.1 Å². The number of nitrogens with zero attached hydrogens (tertiary/aromatic N) is 1. The monoisotopic (exact) mass is 332 g/mol. The van der Waals surface area contributed by atoms with E-state index in [1.54, 1.807) is 35.3 Å². The fraction of sp³-hybridized carbons (Fsp3) is 0.333. The molecule has 1 aromatic rings. The van der Waals surface area contributed by atoms with Gasteiger partial charge in [-0.2, -0.15) is 0 Å². The zero-order valence-electron chi connectivity index (χ0n) is 13.7. The van der Waals surface area contributed by atoms with Crippen LogP contribution in [-0.2, 0) is 0 Å². The van der Waals surface area contributed by atoms with Gasteiger partial charge in [0.1, 0.15) is 5.75 Å². The average Bonchev–Trinajstić information content (AvgIpc) is 2.53. The van der Waals surface area contributed by atoms with Crippen molar-refractivity contribution < 1.29 is 9.53 Å². The lowest BCUT2D eigenvalue weighted by molar-refractivity contribution is 0.0973. The summed E-state index contributed by atoms with van der Waals surface area (Å²) in [6.07, 6.45) is 3.45. The highest BCUT2D eigenvalue weighted by Gasteiger charge is 2.13. The van der Waals surface area contributed by atoms with Crippen LogP contribution in [0.3, 0.4) is 0 Å². The number of ether oxygens (including phenoxy) is 1. The Kier molecular flexibility index (Phi) is 8.05. The minimum absolute atomic E-state index is 0.261. The molecule has 1 amide bonds. The summed E-state index contributed by atoms with van der Waals surface area (Å²) in [6.45, 7) is 13.2.